The molecular formula is C24H26FN5O4S. The Labute approximate surface area is 206 Å². The average molecular weight is 500 g/mol. The Morgan fingerprint density at radius 2 is 1.80 bits per heavy atom. The van der Waals surface area contributed by atoms with E-state index in [0.717, 1.165) is 0 Å². The molecule has 2 amide bonds. The highest BCUT2D eigenvalue weighted by atomic mass is 32.2. The van der Waals surface area contributed by atoms with Gasteiger partial charge in [-0.2, -0.15) is 0 Å². The molecule has 0 saturated heterocycles. The number of anilines is 1. The summed E-state index contributed by atoms with van der Waals surface area (Å²) in [6.45, 7) is 6.16. The van der Waals surface area contributed by atoms with Crippen LogP contribution in [0, 0.1) is 5.82 Å². The minimum Gasteiger partial charge on any atom is -0.462 e. The Bertz CT molecular complexity index is 1200. The van der Waals surface area contributed by atoms with Crippen LogP contribution in [-0.2, 0) is 16.1 Å². The van der Waals surface area contributed by atoms with Gasteiger partial charge in [-0.3, -0.25) is 9.59 Å². The summed E-state index contributed by atoms with van der Waals surface area (Å²) >= 11 is 1.20. The summed E-state index contributed by atoms with van der Waals surface area (Å²) in [4.78, 5) is 36.6. The average Bonchev–Trinajstić information content (AvgIpc) is 3.26. The number of carbonyl (C=O) groups excluding carboxylic acids is 3. The van der Waals surface area contributed by atoms with Crippen molar-refractivity contribution in [2.75, 3.05) is 17.7 Å². The molecule has 0 radical (unpaired) electrons. The maximum absolute atomic E-state index is 13.9. The van der Waals surface area contributed by atoms with Crippen LogP contribution < -0.4 is 10.6 Å². The number of hydrogen-bond acceptors (Lipinski definition) is 7. The maximum Gasteiger partial charge on any atom is 0.338 e. The highest BCUT2D eigenvalue weighted by Crippen LogP contribution is 2.21. The molecule has 0 aliphatic carbocycles. The number of amides is 2. The van der Waals surface area contributed by atoms with Crippen LogP contribution in [0.2, 0.25) is 0 Å². The minimum absolute atomic E-state index is 0.0523. The number of halogens is 1. The van der Waals surface area contributed by atoms with E-state index in [0.29, 0.717) is 28.8 Å². The Kier molecular flexibility index (Phi) is 8.96. The number of ether oxygens (including phenoxy) is 1. The van der Waals surface area contributed by atoms with Gasteiger partial charge in [0.25, 0.3) is 5.91 Å². The SMILES string of the molecule is CCOC(=O)c1ccc(NC(=O)CSc2nnc([C@@H](C)NC(=O)c3ccccc3F)n2CC)cc1. The molecule has 2 N–H and O–H groups in total. The molecule has 0 saturated carbocycles. The zero-order valence-electron chi connectivity index (χ0n) is 19.6. The van der Waals surface area contributed by atoms with Crippen LogP contribution in [0.4, 0.5) is 10.1 Å². The zero-order valence-corrected chi connectivity index (χ0v) is 20.4. The van der Waals surface area contributed by atoms with Crippen molar-refractivity contribution < 1.29 is 23.5 Å². The van der Waals surface area contributed by atoms with Crippen molar-refractivity contribution in [1.29, 1.82) is 0 Å². The number of rotatable bonds is 10. The standard InChI is InChI=1S/C24H26FN5O4S/c1-4-30-21(15(3)26-22(32)18-8-6-7-9-19(18)25)28-29-24(30)35-14-20(31)27-17-12-10-16(11-13-17)23(33)34-5-2/h6-13,15H,4-5,14H2,1-3H3,(H,26,32)(H,27,31)/t15-/m1/s1. The number of benzene rings is 2. The van der Waals surface area contributed by atoms with Crippen LogP contribution in [0.5, 0.6) is 0 Å². The van der Waals surface area contributed by atoms with Gasteiger partial charge in [0.1, 0.15) is 5.82 Å². The molecule has 1 heterocycles. The number of nitrogens with one attached hydrogen (secondary N) is 2. The van der Waals surface area contributed by atoms with E-state index >= 15 is 0 Å². The fourth-order valence-electron chi connectivity index (χ4n) is 3.24. The van der Waals surface area contributed by atoms with Crippen molar-refractivity contribution in [1.82, 2.24) is 20.1 Å². The van der Waals surface area contributed by atoms with E-state index in [-0.39, 0.29) is 23.8 Å². The topological polar surface area (TPSA) is 115 Å². The van der Waals surface area contributed by atoms with Crippen molar-refractivity contribution in [3.05, 3.63) is 71.3 Å². The number of aromatic nitrogens is 3. The zero-order chi connectivity index (χ0) is 25.4. The highest BCUT2D eigenvalue weighted by molar-refractivity contribution is 7.99. The Morgan fingerprint density at radius 1 is 1.09 bits per heavy atom. The molecule has 0 spiro atoms. The van der Waals surface area contributed by atoms with E-state index < -0.39 is 23.7 Å². The third-order valence-electron chi connectivity index (χ3n) is 4.93. The van der Waals surface area contributed by atoms with Gasteiger partial charge in [-0.1, -0.05) is 23.9 Å². The summed E-state index contributed by atoms with van der Waals surface area (Å²) in [6.07, 6.45) is 0. The summed E-state index contributed by atoms with van der Waals surface area (Å²) in [7, 11) is 0. The number of nitrogens with zero attached hydrogens (tertiary/aromatic N) is 3. The van der Waals surface area contributed by atoms with Crippen LogP contribution in [0.25, 0.3) is 0 Å². The summed E-state index contributed by atoms with van der Waals surface area (Å²) in [5.74, 6) is -1.26. The molecular weight excluding hydrogens is 473 g/mol. The lowest BCUT2D eigenvalue weighted by Gasteiger charge is -2.15. The van der Waals surface area contributed by atoms with Crippen molar-refractivity contribution in [2.45, 2.75) is 38.5 Å². The van der Waals surface area contributed by atoms with Crippen LogP contribution in [0.1, 0.15) is 53.4 Å². The molecule has 184 valence electrons. The van der Waals surface area contributed by atoms with E-state index in [1.165, 1.54) is 30.0 Å². The molecule has 0 aliphatic heterocycles. The lowest BCUT2D eigenvalue weighted by Crippen LogP contribution is -2.29. The van der Waals surface area contributed by atoms with E-state index in [1.807, 2.05) is 6.92 Å². The molecule has 0 fully saturated rings. The lowest BCUT2D eigenvalue weighted by atomic mass is 10.2. The van der Waals surface area contributed by atoms with Gasteiger partial charge in [0.15, 0.2) is 11.0 Å². The molecule has 2 aromatic carbocycles. The minimum atomic E-state index is -0.605. The van der Waals surface area contributed by atoms with Gasteiger partial charge in [-0.05, 0) is 57.2 Å². The van der Waals surface area contributed by atoms with Gasteiger partial charge in [0, 0.05) is 12.2 Å². The third-order valence-corrected chi connectivity index (χ3v) is 5.89. The monoisotopic (exact) mass is 499 g/mol. The highest BCUT2D eigenvalue weighted by Gasteiger charge is 2.21. The predicted molar refractivity (Wildman–Crippen MR) is 130 cm³/mol. The summed E-state index contributed by atoms with van der Waals surface area (Å²) in [6, 6.07) is 11.6. The fraction of sp³-hybridized carbons (Fsp3) is 0.292. The van der Waals surface area contributed by atoms with Crippen LogP contribution in [0.15, 0.2) is 53.7 Å². The molecule has 1 aromatic heterocycles. The summed E-state index contributed by atoms with van der Waals surface area (Å²) in [5, 5.41) is 14.3. The van der Waals surface area contributed by atoms with E-state index in [9.17, 15) is 18.8 Å². The van der Waals surface area contributed by atoms with Crippen molar-refractivity contribution in [3.63, 3.8) is 0 Å². The smallest absolute Gasteiger partial charge is 0.338 e. The van der Waals surface area contributed by atoms with Crippen LogP contribution >= 0.6 is 11.8 Å². The Hall–Kier alpha value is -3.73. The second-order valence-electron chi connectivity index (χ2n) is 7.39. The first-order valence-electron chi connectivity index (χ1n) is 11.0. The van der Waals surface area contributed by atoms with Gasteiger partial charge in [0.2, 0.25) is 5.91 Å². The number of esters is 1. The number of hydrogen-bond donors (Lipinski definition) is 2. The second-order valence-corrected chi connectivity index (χ2v) is 8.34. The molecule has 0 unspecified atom stereocenters. The predicted octanol–water partition coefficient (Wildman–Crippen LogP) is 3.84. The van der Waals surface area contributed by atoms with Crippen molar-refractivity contribution in [2.24, 2.45) is 0 Å². The van der Waals surface area contributed by atoms with E-state index in [4.69, 9.17) is 4.74 Å². The van der Waals surface area contributed by atoms with E-state index in [1.54, 1.807) is 48.7 Å². The lowest BCUT2D eigenvalue weighted by molar-refractivity contribution is -0.113. The summed E-state index contributed by atoms with van der Waals surface area (Å²) < 4.78 is 20.6. The Morgan fingerprint density at radius 3 is 2.46 bits per heavy atom. The number of carbonyl (C=O) groups is 3. The van der Waals surface area contributed by atoms with Crippen LogP contribution in [0.3, 0.4) is 0 Å². The largest absolute Gasteiger partial charge is 0.462 e. The van der Waals surface area contributed by atoms with Gasteiger partial charge < -0.3 is 19.9 Å². The first kappa shape index (κ1) is 25.9. The van der Waals surface area contributed by atoms with Crippen LogP contribution in [-0.4, -0.2) is 44.9 Å². The van der Waals surface area contributed by atoms with Crippen molar-refractivity contribution >= 4 is 35.2 Å². The summed E-state index contributed by atoms with van der Waals surface area (Å²) in [5.41, 5.74) is 0.897. The molecule has 1 atom stereocenters. The third kappa shape index (κ3) is 6.66. The fourth-order valence-corrected chi connectivity index (χ4v) is 4.05. The molecule has 11 heteroatoms. The first-order valence-corrected chi connectivity index (χ1v) is 12.0. The normalized spacial score (nSPS) is 11.5. The molecule has 0 aliphatic rings. The van der Waals surface area contributed by atoms with Gasteiger partial charge in [-0.15, -0.1) is 10.2 Å². The van der Waals surface area contributed by atoms with Crippen molar-refractivity contribution in [3.8, 4) is 0 Å². The quantitative estimate of drug-likeness (QED) is 0.322. The van der Waals surface area contributed by atoms with Gasteiger partial charge in [0.05, 0.1) is 29.5 Å². The molecule has 0 bridgehead atoms. The second kappa shape index (κ2) is 12.1. The van der Waals surface area contributed by atoms with Gasteiger partial charge in [-0.25, -0.2) is 9.18 Å². The molecule has 35 heavy (non-hydrogen) atoms. The first-order chi connectivity index (χ1) is 16.8. The van der Waals surface area contributed by atoms with E-state index in [2.05, 4.69) is 20.8 Å². The van der Waals surface area contributed by atoms with Gasteiger partial charge >= 0.3 is 5.97 Å². The molecule has 9 nitrogen and oxygen atoms in total. The number of thioether (sulfide) groups is 1. The maximum atomic E-state index is 13.9. The molecule has 3 aromatic rings. The molecule has 3 rings (SSSR count). The Balaban J connectivity index is 1.59.